The van der Waals surface area contributed by atoms with E-state index in [1.165, 1.54) is 0 Å². The molecule has 0 radical (unpaired) electrons. The predicted octanol–water partition coefficient (Wildman–Crippen LogP) is 3.20. The van der Waals surface area contributed by atoms with Gasteiger partial charge in [-0.05, 0) is 57.2 Å². The maximum absolute atomic E-state index is 13.2. The second kappa shape index (κ2) is 6.37. The summed E-state index contributed by atoms with van der Waals surface area (Å²) in [5.74, 6) is 0.382. The highest BCUT2D eigenvalue weighted by Gasteiger charge is 2.56. The average Bonchev–Trinajstić information content (AvgIpc) is 2.39. The Morgan fingerprint density at radius 3 is 2.57 bits per heavy atom. The second-order valence-corrected chi connectivity index (χ2v) is 6.40. The Hall–Kier alpha value is -1.06. The van der Waals surface area contributed by atoms with E-state index in [0.717, 1.165) is 31.5 Å². The van der Waals surface area contributed by atoms with E-state index in [9.17, 15) is 4.79 Å². The van der Waals surface area contributed by atoms with Crippen LogP contribution in [0.25, 0.3) is 0 Å². The van der Waals surface area contributed by atoms with Crippen molar-refractivity contribution < 1.29 is 4.79 Å². The van der Waals surface area contributed by atoms with Crippen molar-refractivity contribution >= 4 is 17.5 Å². The van der Waals surface area contributed by atoms with Gasteiger partial charge in [0, 0.05) is 24.2 Å². The summed E-state index contributed by atoms with van der Waals surface area (Å²) in [4.78, 5) is 15.1. The van der Waals surface area contributed by atoms with Crippen molar-refractivity contribution in [3.63, 3.8) is 0 Å². The van der Waals surface area contributed by atoms with Gasteiger partial charge < -0.3 is 10.6 Å². The van der Waals surface area contributed by atoms with Crippen LogP contribution in [0.2, 0.25) is 5.02 Å². The molecule has 1 aliphatic carbocycles. The van der Waals surface area contributed by atoms with Gasteiger partial charge in [0.1, 0.15) is 0 Å². The Bertz CT molecular complexity index is 513. The van der Waals surface area contributed by atoms with Crippen LogP contribution in [0, 0.1) is 5.92 Å². The number of nitrogens with zero attached hydrogens (tertiary/aromatic N) is 1. The molecule has 0 heterocycles. The van der Waals surface area contributed by atoms with Crippen LogP contribution < -0.4 is 5.73 Å². The molecule has 116 valence electrons. The Kier molecular flexibility index (Phi) is 4.95. The second-order valence-electron chi connectivity index (χ2n) is 5.96. The standard InChI is InChI=1S/C17H25ClN2O/c1-4-20(5-2)16(21)17(10-9-15(17)12(3)19)13-7-6-8-14(18)11-13/h6-8,11-12,15H,4-5,9-10,19H2,1-3H3/t12?,15-,17+/m1/s1. The normalized spacial score (nSPS) is 26.0. The molecule has 1 fully saturated rings. The number of rotatable bonds is 5. The van der Waals surface area contributed by atoms with E-state index in [2.05, 4.69) is 0 Å². The van der Waals surface area contributed by atoms with Gasteiger partial charge >= 0.3 is 0 Å². The third-order valence-corrected chi connectivity index (χ3v) is 5.12. The highest BCUT2D eigenvalue weighted by Crippen LogP contribution is 2.51. The van der Waals surface area contributed by atoms with Crippen LogP contribution in [0.1, 0.15) is 39.2 Å². The van der Waals surface area contributed by atoms with Gasteiger partial charge in [0.2, 0.25) is 5.91 Å². The molecule has 0 spiro atoms. The number of nitrogens with two attached hydrogens (primary N) is 1. The largest absolute Gasteiger partial charge is 0.342 e. The van der Waals surface area contributed by atoms with Gasteiger partial charge in [0.15, 0.2) is 0 Å². The van der Waals surface area contributed by atoms with Gasteiger partial charge in [-0.1, -0.05) is 23.7 Å². The van der Waals surface area contributed by atoms with Crippen molar-refractivity contribution in [1.29, 1.82) is 0 Å². The number of hydrogen-bond acceptors (Lipinski definition) is 2. The summed E-state index contributed by atoms with van der Waals surface area (Å²) in [6.07, 6.45) is 1.85. The van der Waals surface area contributed by atoms with Crippen LogP contribution in [0.5, 0.6) is 0 Å². The van der Waals surface area contributed by atoms with Crippen LogP contribution >= 0.6 is 11.6 Å². The minimum absolute atomic E-state index is 0.00255. The maximum atomic E-state index is 13.2. The van der Waals surface area contributed by atoms with Crippen molar-refractivity contribution in [2.75, 3.05) is 13.1 Å². The molecule has 21 heavy (non-hydrogen) atoms. The maximum Gasteiger partial charge on any atom is 0.233 e. The van der Waals surface area contributed by atoms with Gasteiger partial charge in [0.25, 0.3) is 0 Å². The minimum atomic E-state index is -0.495. The van der Waals surface area contributed by atoms with E-state index >= 15 is 0 Å². The van der Waals surface area contributed by atoms with Gasteiger partial charge in [0.05, 0.1) is 5.41 Å². The SMILES string of the molecule is CCN(CC)C(=O)[C@]1(c2cccc(Cl)c2)CC[C@@H]1C(C)N. The monoisotopic (exact) mass is 308 g/mol. The van der Waals surface area contributed by atoms with E-state index in [0.29, 0.717) is 5.02 Å². The molecule has 0 saturated heterocycles. The summed E-state index contributed by atoms with van der Waals surface area (Å²) in [5.41, 5.74) is 6.69. The van der Waals surface area contributed by atoms with Crippen molar-refractivity contribution in [2.45, 2.75) is 45.1 Å². The van der Waals surface area contributed by atoms with E-state index in [4.69, 9.17) is 17.3 Å². The molecule has 2 N–H and O–H groups in total. The molecule has 1 saturated carbocycles. The van der Waals surface area contributed by atoms with Crippen LogP contribution in [0.15, 0.2) is 24.3 Å². The molecule has 0 bridgehead atoms. The molecule has 1 aromatic rings. The molecule has 3 nitrogen and oxygen atoms in total. The summed E-state index contributed by atoms with van der Waals surface area (Å²) in [5, 5.41) is 0.676. The first-order valence-electron chi connectivity index (χ1n) is 7.78. The first-order valence-corrected chi connectivity index (χ1v) is 8.16. The molecule has 1 unspecified atom stereocenters. The van der Waals surface area contributed by atoms with E-state index in [1.807, 2.05) is 49.9 Å². The number of likely N-dealkylation sites (N-methyl/N-ethyl adjacent to an activating group) is 1. The molecule has 1 aliphatic rings. The molecule has 3 atom stereocenters. The summed E-state index contributed by atoms with van der Waals surface area (Å²) in [7, 11) is 0. The lowest BCUT2D eigenvalue weighted by Crippen LogP contribution is -2.60. The van der Waals surface area contributed by atoms with Gasteiger partial charge in [-0.25, -0.2) is 0 Å². The Morgan fingerprint density at radius 1 is 1.48 bits per heavy atom. The molecule has 0 aromatic heterocycles. The zero-order valence-corrected chi connectivity index (χ0v) is 13.9. The van der Waals surface area contributed by atoms with Gasteiger partial charge in [-0.15, -0.1) is 0 Å². The fourth-order valence-corrected chi connectivity index (χ4v) is 3.81. The molecule has 4 heteroatoms. The topological polar surface area (TPSA) is 46.3 Å². The highest BCUT2D eigenvalue weighted by atomic mass is 35.5. The smallest absolute Gasteiger partial charge is 0.233 e. The Morgan fingerprint density at radius 2 is 2.14 bits per heavy atom. The van der Waals surface area contributed by atoms with Gasteiger partial charge in [-0.3, -0.25) is 4.79 Å². The molecule has 2 rings (SSSR count). The third-order valence-electron chi connectivity index (χ3n) is 4.89. The van der Waals surface area contributed by atoms with Crippen molar-refractivity contribution in [1.82, 2.24) is 4.90 Å². The van der Waals surface area contributed by atoms with E-state index in [-0.39, 0.29) is 17.9 Å². The summed E-state index contributed by atoms with van der Waals surface area (Å²) < 4.78 is 0. The fraction of sp³-hybridized carbons (Fsp3) is 0.588. The molecule has 0 aliphatic heterocycles. The van der Waals surface area contributed by atoms with Crippen LogP contribution in [-0.2, 0) is 10.2 Å². The quantitative estimate of drug-likeness (QED) is 0.908. The van der Waals surface area contributed by atoms with Crippen LogP contribution in [0.3, 0.4) is 0 Å². The number of benzene rings is 1. The molecular formula is C17H25ClN2O. The first kappa shape index (κ1) is 16.3. The minimum Gasteiger partial charge on any atom is -0.342 e. The number of halogens is 1. The van der Waals surface area contributed by atoms with E-state index < -0.39 is 5.41 Å². The van der Waals surface area contributed by atoms with Crippen LogP contribution in [-0.4, -0.2) is 29.9 Å². The Labute approximate surface area is 132 Å². The van der Waals surface area contributed by atoms with Crippen molar-refractivity contribution in [2.24, 2.45) is 11.7 Å². The van der Waals surface area contributed by atoms with Crippen LogP contribution in [0.4, 0.5) is 0 Å². The summed E-state index contributed by atoms with van der Waals surface area (Å²) >= 11 is 6.16. The fourth-order valence-electron chi connectivity index (χ4n) is 3.62. The summed E-state index contributed by atoms with van der Waals surface area (Å²) in [6.45, 7) is 7.49. The number of hydrogen-bond donors (Lipinski definition) is 1. The Balaban J connectivity index is 2.48. The van der Waals surface area contributed by atoms with Crippen molar-refractivity contribution in [3.05, 3.63) is 34.9 Å². The number of amides is 1. The number of carbonyl (C=O) groups excluding carboxylic acids is 1. The van der Waals surface area contributed by atoms with Crippen molar-refractivity contribution in [3.8, 4) is 0 Å². The molecule has 1 aromatic carbocycles. The lowest BCUT2D eigenvalue weighted by atomic mass is 9.54. The third kappa shape index (κ3) is 2.69. The predicted molar refractivity (Wildman–Crippen MR) is 87.4 cm³/mol. The summed E-state index contributed by atoms with van der Waals surface area (Å²) in [6, 6.07) is 7.71. The lowest BCUT2D eigenvalue weighted by molar-refractivity contribution is -0.145. The lowest BCUT2D eigenvalue weighted by Gasteiger charge is -2.52. The highest BCUT2D eigenvalue weighted by molar-refractivity contribution is 6.30. The van der Waals surface area contributed by atoms with E-state index in [1.54, 1.807) is 0 Å². The molecular weight excluding hydrogens is 284 g/mol. The van der Waals surface area contributed by atoms with Gasteiger partial charge in [-0.2, -0.15) is 0 Å². The number of carbonyl (C=O) groups is 1. The zero-order chi connectivity index (χ0) is 15.6. The molecule has 1 amide bonds. The average molecular weight is 309 g/mol. The zero-order valence-electron chi connectivity index (χ0n) is 13.1. The first-order chi connectivity index (χ1) is 9.97.